The van der Waals surface area contributed by atoms with Gasteiger partial charge in [-0.2, -0.15) is 0 Å². The Bertz CT molecular complexity index is 604. The molecular weight excluding hydrogens is 276 g/mol. The topological polar surface area (TPSA) is 45.5 Å². The Labute approximate surface area is 122 Å². The molecule has 4 nitrogen and oxygen atoms in total. The zero-order chi connectivity index (χ0) is 13.9. The number of halogens is 1. The number of benzene rings is 1. The molecular formula is C15H15ClN2O2. The summed E-state index contributed by atoms with van der Waals surface area (Å²) in [6.45, 7) is 2.02. The quantitative estimate of drug-likeness (QED) is 0.935. The highest BCUT2D eigenvalue weighted by atomic mass is 35.5. The van der Waals surface area contributed by atoms with E-state index in [0.717, 1.165) is 24.5 Å². The smallest absolute Gasteiger partial charge is 0.258 e. The van der Waals surface area contributed by atoms with E-state index in [1.54, 1.807) is 12.1 Å². The molecule has 1 aliphatic rings. The molecule has 0 atom stereocenters. The van der Waals surface area contributed by atoms with Crippen molar-refractivity contribution in [2.24, 2.45) is 0 Å². The summed E-state index contributed by atoms with van der Waals surface area (Å²) in [6, 6.07) is 7.23. The summed E-state index contributed by atoms with van der Waals surface area (Å²) in [6.07, 6.45) is 5.26. The molecule has 3 rings (SSSR count). The molecule has 0 unspecified atom stereocenters. The van der Waals surface area contributed by atoms with Gasteiger partial charge in [0.2, 0.25) is 0 Å². The minimum absolute atomic E-state index is 0.193. The fourth-order valence-corrected chi connectivity index (χ4v) is 2.60. The fourth-order valence-electron chi connectivity index (χ4n) is 2.43. The highest BCUT2D eigenvalue weighted by Crippen LogP contribution is 2.31. The molecule has 0 radical (unpaired) electrons. The number of rotatable bonds is 3. The second kappa shape index (κ2) is 5.59. The van der Waals surface area contributed by atoms with Gasteiger partial charge >= 0.3 is 0 Å². The van der Waals surface area contributed by atoms with Crippen molar-refractivity contribution >= 4 is 28.9 Å². The van der Waals surface area contributed by atoms with Crippen LogP contribution in [0.5, 0.6) is 0 Å². The number of amides is 1. The van der Waals surface area contributed by atoms with Gasteiger partial charge in [-0.05, 0) is 37.1 Å². The highest BCUT2D eigenvalue weighted by molar-refractivity contribution is 6.31. The summed E-state index contributed by atoms with van der Waals surface area (Å²) >= 11 is 6.04. The van der Waals surface area contributed by atoms with Crippen molar-refractivity contribution in [2.45, 2.75) is 12.8 Å². The van der Waals surface area contributed by atoms with Gasteiger partial charge in [0.1, 0.15) is 6.26 Å². The van der Waals surface area contributed by atoms with Crippen LogP contribution in [0, 0.1) is 0 Å². The number of carbonyl (C=O) groups excluding carboxylic acids is 1. The zero-order valence-electron chi connectivity index (χ0n) is 10.9. The van der Waals surface area contributed by atoms with Crippen LogP contribution in [0.4, 0.5) is 11.4 Å². The Kier molecular flexibility index (Phi) is 3.65. The SMILES string of the molecule is O=C(Nc1cc(Cl)ccc1N1CCCC1)c1ccoc1. The summed E-state index contributed by atoms with van der Waals surface area (Å²) in [4.78, 5) is 14.4. The Morgan fingerprint density at radius 2 is 2.05 bits per heavy atom. The number of hydrogen-bond acceptors (Lipinski definition) is 3. The molecule has 5 heteroatoms. The molecule has 1 saturated heterocycles. The van der Waals surface area contributed by atoms with Crippen LogP contribution in [0.2, 0.25) is 5.02 Å². The van der Waals surface area contributed by atoms with Gasteiger partial charge < -0.3 is 14.6 Å². The van der Waals surface area contributed by atoms with Gasteiger partial charge in [-0.1, -0.05) is 11.6 Å². The van der Waals surface area contributed by atoms with Crippen molar-refractivity contribution in [3.8, 4) is 0 Å². The molecule has 1 aliphatic heterocycles. The maximum absolute atomic E-state index is 12.1. The van der Waals surface area contributed by atoms with E-state index < -0.39 is 0 Å². The second-order valence-electron chi connectivity index (χ2n) is 4.82. The third kappa shape index (κ3) is 2.65. The van der Waals surface area contributed by atoms with Crippen molar-refractivity contribution in [3.05, 3.63) is 47.4 Å². The van der Waals surface area contributed by atoms with Crippen LogP contribution in [0.25, 0.3) is 0 Å². The maximum Gasteiger partial charge on any atom is 0.258 e. The molecule has 0 saturated carbocycles. The summed E-state index contributed by atoms with van der Waals surface area (Å²) in [5, 5.41) is 3.51. The summed E-state index contributed by atoms with van der Waals surface area (Å²) in [7, 11) is 0. The molecule has 2 aromatic rings. The van der Waals surface area contributed by atoms with Gasteiger partial charge in [0.05, 0.1) is 23.2 Å². The first-order valence-corrected chi connectivity index (χ1v) is 7.00. The number of anilines is 2. The van der Waals surface area contributed by atoms with E-state index in [1.165, 1.54) is 25.4 Å². The van der Waals surface area contributed by atoms with Crippen LogP contribution < -0.4 is 10.2 Å². The number of carbonyl (C=O) groups is 1. The first-order chi connectivity index (χ1) is 9.74. The van der Waals surface area contributed by atoms with Gasteiger partial charge in [0.25, 0.3) is 5.91 Å². The first kappa shape index (κ1) is 13.1. The second-order valence-corrected chi connectivity index (χ2v) is 5.26. The molecule has 1 aromatic heterocycles. The Morgan fingerprint density at radius 1 is 1.25 bits per heavy atom. The largest absolute Gasteiger partial charge is 0.472 e. The Balaban J connectivity index is 1.87. The minimum Gasteiger partial charge on any atom is -0.472 e. The lowest BCUT2D eigenvalue weighted by Gasteiger charge is -2.21. The minimum atomic E-state index is -0.193. The van der Waals surface area contributed by atoms with E-state index in [9.17, 15) is 4.79 Å². The van der Waals surface area contributed by atoms with Crippen molar-refractivity contribution < 1.29 is 9.21 Å². The summed E-state index contributed by atoms with van der Waals surface area (Å²) in [5.74, 6) is -0.193. The lowest BCUT2D eigenvalue weighted by molar-refractivity contribution is 0.102. The van der Waals surface area contributed by atoms with Crippen LogP contribution >= 0.6 is 11.6 Å². The number of hydrogen-bond donors (Lipinski definition) is 1. The highest BCUT2D eigenvalue weighted by Gasteiger charge is 2.18. The van der Waals surface area contributed by atoms with Crippen LogP contribution in [0.15, 0.2) is 41.2 Å². The van der Waals surface area contributed by atoms with Crippen LogP contribution in [-0.4, -0.2) is 19.0 Å². The molecule has 20 heavy (non-hydrogen) atoms. The Morgan fingerprint density at radius 3 is 2.75 bits per heavy atom. The predicted molar refractivity (Wildman–Crippen MR) is 79.6 cm³/mol. The van der Waals surface area contributed by atoms with E-state index in [1.807, 2.05) is 12.1 Å². The Hall–Kier alpha value is -1.94. The molecule has 1 amide bonds. The molecule has 1 fully saturated rings. The zero-order valence-corrected chi connectivity index (χ0v) is 11.7. The van der Waals surface area contributed by atoms with E-state index in [0.29, 0.717) is 10.6 Å². The molecule has 0 aliphatic carbocycles. The monoisotopic (exact) mass is 290 g/mol. The van der Waals surface area contributed by atoms with Crippen molar-refractivity contribution in [3.63, 3.8) is 0 Å². The standard InChI is InChI=1S/C15H15ClN2O2/c16-12-3-4-14(18-6-1-2-7-18)13(9-12)17-15(19)11-5-8-20-10-11/h3-5,8-10H,1-2,6-7H2,(H,17,19). The molecule has 2 heterocycles. The van der Waals surface area contributed by atoms with Gasteiger partial charge in [0.15, 0.2) is 0 Å². The average molecular weight is 291 g/mol. The van der Waals surface area contributed by atoms with Gasteiger partial charge in [-0.3, -0.25) is 4.79 Å². The maximum atomic E-state index is 12.1. The van der Waals surface area contributed by atoms with Crippen LogP contribution in [0.1, 0.15) is 23.2 Å². The van der Waals surface area contributed by atoms with Gasteiger partial charge in [-0.25, -0.2) is 0 Å². The fraction of sp³-hybridized carbons (Fsp3) is 0.267. The van der Waals surface area contributed by atoms with E-state index >= 15 is 0 Å². The van der Waals surface area contributed by atoms with Crippen molar-refractivity contribution in [1.82, 2.24) is 0 Å². The molecule has 104 valence electrons. The first-order valence-electron chi connectivity index (χ1n) is 6.62. The normalized spacial score (nSPS) is 14.6. The van der Waals surface area contributed by atoms with E-state index in [2.05, 4.69) is 10.2 Å². The van der Waals surface area contributed by atoms with Crippen LogP contribution in [0.3, 0.4) is 0 Å². The van der Waals surface area contributed by atoms with Crippen molar-refractivity contribution in [2.75, 3.05) is 23.3 Å². The third-order valence-electron chi connectivity index (χ3n) is 3.44. The molecule has 1 N–H and O–H groups in total. The van der Waals surface area contributed by atoms with Crippen molar-refractivity contribution in [1.29, 1.82) is 0 Å². The average Bonchev–Trinajstić information content (AvgIpc) is 3.12. The van der Waals surface area contributed by atoms with Crippen LogP contribution in [-0.2, 0) is 0 Å². The number of nitrogens with zero attached hydrogens (tertiary/aromatic N) is 1. The molecule has 0 spiro atoms. The predicted octanol–water partition coefficient (Wildman–Crippen LogP) is 3.79. The lowest BCUT2D eigenvalue weighted by atomic mass is 10.2. The van der Waals surface area contributed by atoms with Gasteiger partial charge in [0, 0.05) is 18.1 Å². The number of nitrogens with one attached hydrogen (secondary N) is 1. The summed E-state index contributed by atoms with van der Waals surface area (Å²) < 4.78 is 4.93. The summed E-state index contributed by atoms with van der Waals surface area (Å²) in [5.41, 5.74) is 2.26. The van der Waals surface area contributed by atoms with E-state index in [-0.39, 0.29) is 5.91 Å². The van der Waals surface area contributed by atoms with Gasteiger partial charge in [-0.15, -0.1) is 0 Å². The number of furan rings is 1. The van der Waals surface area contributed by atoms with E-state index in [4.69, 9.17) is 16.0 Å². The molecule has 1 aromatic carbocycles. The third-order valence-corrected chi connectivity index (χ3v) is 3.67. The molecule has 0 bridgehead atoms. The lowest BCUT2D eigenvalue weighted by Crippen LogP contribution is -2.21.